The fourth-order valence-electron chi connectivity index (χ4n) is 2.82. The maximum Gasteiger partial charge on any atom is 0.308 e. The number of sulfonamides is 1. The van der Waals surface area contributed by atoms with Crippen LogP contribution in [0.3, 0.4) is 0 Å². The summed E-state index contributed by atoms with van der Waals surface area (Å²) >= 11 is 0. The van der Waals surface area contributed by atoms with E-state index in [1.165, 1.54) is 4.31 Å². The van der Waals surface area contributed by atoms with E-state index in [1.807, 2.05) is 32.0 Å². The minimum absolute atomic E-state index is 0.0649. The maximum atomic E-state index is 12.6. The molecule has 6 heteroatoms. The van der Waals surface area contributed by atoms with Gasteiger partial charge in [0.15, 0.2) is 0 Å². The van der Waals surface area contributed by atoms with Crippen LogP contribution in [0.1, 0.15) is 23.6 Å². The van der Waals surface area contributed by atoms with Gasteiger partial charge in [0.1, 0.15) is 0 Å². The fourth-order valence-corrected chi connectivity index (χ4v) is 4.67. The Morgan fingerprint density at radius 3 is 2.33 bits per heavy atom. The number of aliphatic carboxylic acids is 1. The molecule has 0 radical (unpaired) electrons. The Balaban J connectivity index is 2.22. The van der Waals surface area contributed by atoms with Crippen LogP contribution >= 0.6 is 0 Å². The van der Waals surface area contributed by atoms with Crippen molar-refractivity contribution in [1.29, 1.82) is 0 Å². The van der Waals surface area contributed by atoms with Gasteiger partial charge in [0.05, 0.1) is 11.7 Å². The van der Waals surface area contributed by atoms with Gasteiger partial charge >= 0.3 is 5.97 Å². The second kappa shape index (κ2) is 5.77. The van der Waals surface area contributed by atoms with Gasteiger partial charge in [-0.3, -0.25) is 4.79 Å². The Labute approximate surface area is 125 Å². The Kier molecular flexibility index (Phi) is 4.39. The predicted molar refractivity (Wildman–Crippen MR) is 80.4 cm³/mol. The second-order valence-corrected chi connectivity index (χ2v) is 7.83. The van der Waals surface area contributed by atoms with Crippen molar-refractivity contribution in [3.8, 4) is 0 Å². The minimum atomic E-state index is -3.49. The molecule has 5 nitrogen and oxygen atoms in total. The topological polar surface area (TPSA) is 74.7 Å². The number of carbonyl (C=O) groups is 1. The first-order valence-electron chi connectivity index (χ1n) is 6.98. The van der Waals surface area contributed by atoms with Gasteiger partial charge < -0.3 is 5.11 Å². The first-order chi connectivity index (χ1) is 9.72. The molecular formula is C15H21NO4S. The van der Waals surface area contributed by atoms with Crippen molar-refractivity contribution >= 4 is 16.0 Å². The summed E-state index contributed by atoms with van der Waals surface area (Å²) in [5.74, 6) is -1.76. The summed E-state index contributed by atoms with van der Waals surface area (Å²) in [7, 11) is -3.49. The van der Waals surface area contributed by atoms with Crippen LogP contribution in [0.5, 0.6) is 0 Å². The summed E-state index contributed by atoms with van der Waals surface area (Å²) in [5, 5.41) is 9.12. The third kappa shape index (κ3) is 3.27. The lowest BCUT2D eigenvalue weighted by Crippen LogP contribution is -2.31. The molecule has 1 N–H and O–H groups in total. The first-order valence-corrected chi connectivity index (χ1v) is 8.59. The van der Waals surface area contributed by atoms with E-state index in [9.17, 15) is 13.2 Å². The maximum absolute atomic E-state index is 12.6. The fraction of sp³-hybridized carbons (Fsp3) is 0.533. The smallest absolute Gasteiger partial charge is 0.308 e. The predicted octanol–water partition coefficient (Wildman–Crippen LogP) is 1.79. The van der Waals surface area contributed by atoms with Gasteiger partial charge in [-0.15, -0.1) is 0 Å². The van der Waals surface area contributed by atoms with Gasteiger partial charge in [0, 0.05) is 13.1 Å². The quantitative estimate of drug-likeness (QED) is 0.920. The lowest BCUT2D eigenvalue weighted by molar-refractivity contribution is -0.142. The lowest BCUT2D eigenvalue weighted by Gasteiger charge is -2.18. The Bertz CT molecular complexity index is 633. The molecule has 0 aliphatic carbocycles. The van der Waals surface area contributed by atoms with Crippen LogP contribution in [0.15, 0.2) is 18.2 Å². The highest BCUT2D eigenvalue weighted by molar-refractivity contribution is 7.88. The van der Waals surface area contributed by atoms with E-state index in [1.54, 1.807) is 6.92 Å². The minimum Gasteiger partial charge on any atom is -0.481 e. The van der Waals surface area contributed by atoms with E-state index >= 15 is 0 Å². The molecule has 2 rings (SSSR count). The zero-order valence-electron chi connectivity index (χ0n) is 12.5. The molecule has 0 unspecified atom stereocenters. The SMILES string of the molecule is Cc1cccc(C)c1CS(=O)(=O)N1C[C@@H](C)[C@H](C(=O)O)C1. The number of aryl methyl sites for hydroxylation is 2. The van der Waals surface area contributed by atoms with E-state index in [0.29, 0.717) is 0 Å². The standard InChI is InChI=1S/C15H21NO4S/c1-10-5-4-6-11(2)14(10)9-21(19,20)16-7-12(3)13(8-16)15(17)18/h4-6,12-13H,7-9H2,1-3H3,(H,17,18)/t12-,13-/m1/s1. The van der Waals surface area contributed by atoms with Crippen LogP contribution in [-0.4, -0.2) is 36.9 Å². The third-order valence-corrected chi connectivity index (χ3v) is 6.00. The third-order valence-electron chi connectivity index (χ3n) is 4.26. The monoisotopic (exact) mass is 311 g/mol. The molecule has 1 aromatic carbocycles. The Morgan fingerprint density at radius 1 is 1.29 bits per heavy atom. The van der Waals surface area contributed by atoms with Crippen LogP contribution in [-0.2, 0) is 20.6 Å². The van der Waals surface area contributed by atoms with Gasteiger partial charge in [0.2, 0.25) is 10.0 Å². The Morgan fingerprint density at radius 2 is 1.86 bits per heavy atom. The lowest BCUT2D eigenvalue weighted by atomic mass is 9.99. The Hall–Kier alpha value is -1.40. The van der Waals surface area contributed by atoms with Crippen LogP contribution < -0.4 is 0 Å². The van der Waals surface area contributed by atoms with E-state index in [0.717, 1.165) is 16.7 Å². The number of carboxylic acid groups (broad SMARTS) is 1. The zero-order valence-corrected chi connectivity index (χ0v) is 13.4. The van der Waals surface area contributed by atoms with E-state index in [4.69, 9.17) is 5.11 Å². The summed E-state index contributed by atoms with van der Waals surface area (Å²) in [6.45, 7) is 5.93. The van der Waals surface area contributed by atoms with Crippen molar-refractivity contribution in [2.45, 2.75) is 26.5 Å². The highest BCUT2D eigenvalue weighted by Gasteiger charge is 2.40. The molecule has 1 heterocycles. The molecule has 116 valence electrons. The van der Waals surface area contributed by atoms with Crippen molar-refractivity contribution in [2.75, 3.05) is 13.1 Å². The summed E-state index contributed by atoms with van der Waals surface area (Å²) in [6, 6.07) is 5.69. The summed E-state index contributed by atoms with van der Waals surface area (Å²) in [6.07, 6.45) is 0. The second-order valence-electron chi connectivity index (χ2n) is 5.87. The van der Waals surface area contributed by atoms with Crippen molar-refractivity contribution in [1.82, 2.24) is 4.31 Å². The number of hydrogen-bond donors (Lipinski definition) is 1. The molecule has 1 aliphatic rings. The number of carboxylic acids is 1. The molecule has 0 amide bonds. The molecular weight excluding hydrogens is 290 g/mol. The summed E-state index contributed by atoms with van der Waals surface area (Å²) in [4.78, 5) is 11.1. The average Bonchev–Trinajstić information content (AvgIpc) is 2.77. The van der Waals surface area contributed by atoms with Crippen molar-refractivity contribution in [3.05, 3.63) is 34.9 Å². The van der Waals surface area contributed by atoms with Crippen molar-refractivity contribution < 1.29 is 18.3 Å². The molecule has 21 heavy (non-hydrogen) atoms. The van der Waals surface area contributed by atoms with Crippen LogP contribution in [0, 0.1) is 25.7 Å². The van der Waals surface area contributed by atoms with Crippen LogP contribution in [0.25, 0.3) is 0 Å². The van der Waals surface area contributed by atoms with E-state index in [2.05, 4.69) is 0 Å². The zero-order chi connectivity index (χ0) is 15.8. The van der Waals surface area contributed by atoms with Gasteiger partial charge in [-0.2, -0.15) is 0 Å². The number of hydrogen-bond acceptors (Lipinski definition) is 3. The molecule has 0 saturated carbocycles. The van der Waals surface area contributed by atoms with E-state index in [-0.39, 0.29) is 24.8 Å². The number of rotatable bonds is 4. The molecule has 1 fully saturated rings. The molecule has 2 atom stereocenters. The normalized spacial score (nSPS) is 23.4. The highest BCUT2D eigenvalue weighted by Crippen LogP contribution is 2.28. The molecule has 1 aromatic rings. The number of benzene rings is 1. The number of nitrogens with zero attached hydrogens (tertiary/aromatic N) is 1. The molecule has 0 spiro atoms. The summed E-state index contributed by atoms with van der Waals surface area (Å²) in [5.41, 5.74) is 2.70. The van der Waals surface area contributed by atoms with Crippen LogP contribution in [0.2, 0.25) is 0 Å². The van der Waals surface area contributed by atoms with Gasteiger partial charge in [-0.25, -0.2) is 12.7 Å². The van der Waals surface area contributed by atoms with Gasteiger partial charge in [0.25, 0.3) is 0 Å². The van der Waals surface area contributed by atoms with Gasteiger partial charge in [-0.1, -0.05) is 25.1 Å². The molecule has 1 aliphatic heterocycles. The largest absolute Gasteiger partial charge is 0.481 e. The van der Waals surface area contributed by atoms with Crippen LogP contribution in [0.4, 0.5) is 0 Å². The molecule has 0 bridgehead atoms. The molecule has 1 saturated heterocycles. The van der Waals surface area contributed by atoms with Crippen molar-refractivity contribution in [3.63, 3.8) is 0 Å². The van der Waals surface area contributed by atoms with E-state index < -0.39 is 21.9 Å². The average molecular weight is 311 g/mol. The first kappa shape index (κ1) is 16.0. The van der Waals surface area contributed by atoms with Gasteiger partial charge in [-0.05, 0) is 36.5 Å². The summed E-state index contributed by atoms with van der Waals surface area (Å²) < 4.78 is 26.4. The molecule has 0 aromatic heterocycles. The highest BCUT2D eigenvalue weighted by atomic mass is 32.2. The van der Waals surface area contributed by atoms with Crippen molar-refractivity contribution in [2.24, 2.45) is 11.8 Å².